The Labute approximate surface area is 135 Å². The summed E-state index contributed by atoms with van der Waals surface area (Å²) in [5.41, 5.74) is -0.455. The van der Waals surface area contributed by atoms with Crippen molar-refractivity contribution in [1.29, 1.82) is 0 Å². The molecule has 0 radical (unpaired) electrons. The average molecular weight is 344 g/mol. The molecule has 1 aromatic heterocycles. The second-order valence-corrected chi connectivity index (χ2v) is 8.27. The van der Waals surface area contributed by atoms with Gasteiger partial charge in [-0.05, 0) is 31.4 Å². The molecular formula is C15H21FN2O4S. The van der Waals surface area contributed by atoms with E-state index >= 15 is 0 Å². The standard InChI is InChI=1S/C15H21FN2O4S/c1-23(19,20)18-8-5-13-15(10-18,6-3-9-21-13)11-22-14-12(16)4-2-7-17-14/h2,4,7,13H,3,5-6,8-11H2,1H3/t13-,15-/m0/s1. The summed E-state index contributed by atoms with van der Waals surface area (Å²) in [6, 6.07) is 2.79. The van der Waals surface area contributed by atoms with E-state index in [-0.39, 0.29) is 18.6 Å². The molecule has 0 amide bonds. The predicted octanol–water partition coefficient (Wildman–Crippen LogP) is 1.43. The van der Waals surface area contributed by atoms with Gasteiger partial charge in [0.15, 0.2) is 5.82 Å². The summed E-state index contributed by atoms with van der Waals surface area (Å²) in [5.74, 6) is -0.573. The minimum Gasteiger partial charge on any atom is -0.475 e. The number of hydrogen-bond donors (Lipinski definition) is 0. The summed E-state index contributed by atoms with van der Waals surface area (Å²) in [7, 11) is -3.27. The fourth-order valence-corrected chi connectivity index (χ4v) is 4.36. The van der Waals surface area contributed by atoms with E-state index in [1.54, 1.807) is 0 Å². The van der Waals surface area contributed by atoms with Crippen LogP contribution in [0, 0.1) is 11.2 Å². The van der Waals surface area contributed by atoms with Crippen LogP contribution in [0.5, 0.6) is 5.88 Å². The fourth-order valence-electron chi connectivity index (χ4n) is 3.43. The first kappa shape index (κ1) is 16.6. The number of rotatable bonds is 4. The minimum absolute atomic E-state index is 0.0531. The quantitative estimate of drug-likeness (QED) is 0.826. The molecule has 3 rings (SSSR count). The number of hydrogen-bond acceptors (Lipinski definition) is 5. The maximum absolute atomic E-state index is 13.7. The molecule has 2 aliphatic rings. The van der Waals surface area contributed by atoms with E-state index in [4.69, 9.17) is 9.47 Å². The third-order valence-electron chi connectivity index (χ3n) is 4.64. The Morgan fingerprint density at radius 3 is 3.13 bits per heavy atom. The molecule has 128 valence electrons. The number of piperidine rings is 1. The molecule has 2 aliphatic heterocycles. The van der Waals surface area contributed by atoms with Crippen molar-refractivity contribution >= 4 is 10.0 Å². The van der Waals surface area contributed by atoms with Gasteiger partial charge in [0.05, 0.1) is 19.0 Å². The monoisotopic (exact) mass is 344 g/mol. The number of sulfonamides is 1. The minimum atomic E-state index is -3.27. The highest BCUT2D eigenvalue weighted by Crippen LogP contribution is 2.41. The average Bonchev–Trinajstić information content (AvgIpc) is 2.53. The molecule has 6 nitrogen and oxygen atoms in total. The molecule has 3 heterocycles. The highest BCUT2D eigenvalue weighted by molar-refractivity contribution is 7.88. The topological polar surface area (TPSA) is 68.7 Å². The molecule has 0 bridgehead atoms. The van der Waals surface area contributed by atoms with Crippen LogP contribution < -0.4 is 4.74 Å². The second-order valence-electron chi connectivity index (χ2n) is 6.29. The molecule has 2 fully saturated rings. The molecule has 0 saturated carbocycles. The summed E-state index contributed by atoms with van der Waals surface area (Å²) in [6.45, 7) is 1.65. The van der Waals surface area contributed by atoms with Crippen LogP contribution >= 0.6 is 0 Å². The largest absolute Gasteiger partial charge is 0.475 e. The molecule has 2 saturated heterocycles. The third kappa shape index (κ3) is 3.49. The molecule has 2 atom stereocenters. The first-order valence-corrected chi connectivity index (χ1v) is 9.56. The number of nitrogens with zero attached hydrogens (tertiary/aromatic N) is 2. The zero-order valence-electron chi connectivity index (χ0n) is 13.1. The van der Waals surface area contributed by atoms with Crippen LogP contribution in [0.4, 0.5) is 4.39 Å². The van der Waals surface area contributed by atoms with Crippen molar-refractivity contribution in [3.05, 3.63) is 24.1 Å². The van der Waals surface area contributed by atoms with Crippen molar-refractivity contribution in [3.8, 4) is 5.88 Å². The van der Waals surface area contributed by atoms with Crippen molar-refractivity contribution < 1.29 is 22.3 Å². The summed E-state index contributed by atoms with van der Waals surface area (Å²) in [5, 5.41) is 0. The smallest absolute Gasteiger partial charge is 0.250 e. The summed E-state index contributed by atoms with van der Waals surface area (Å²) in [4.78, 5) is 3.89. The van der Waals surface area contributed by atoms with Crippen LogP contribution in [0.3, 0.4) is 0 Å². The SMILES string of the molecule is CS(=O)(=O)N1CC[C@@H]2OCCC[C@@]2(COc2ncccc2F)C1. The van der Waals surface area contributed by atoms with Crippen LogP contribution in [0.15, 0.2) is 18.3 Å². The number of halogens is 1. The Bertz CT molecular complexity index is 669. The van der Waals surface area contributed by atoms with Gasteiger partial charge >= 0.3 is 0 Å². The molecule has 0 N–H and O–H groups in total. The molecule has 0 aliphatic carbocycles. The normalized spacial score (nSPS) is 29.0. The Balaban J connectivity index is 1.80. The molecule has 23 heavy (non-hydrogen) atoms. The van der Waals surface area contributed by atoms with E-state index in [2.05, 4.69) is 4.98 Å². The van der Waals surface area contributed by atoms with Gasteiger partial charge in [0.25, 0.3) is 0 Å². The van der Waals surface area contributed by atoms with E-state index in [0.29, 0.717) is 26.1 Å². The van der Waals surface area contributed by atoms with Gasteiger partial charge in [0.1, 0.15) is 0 Å². The summed E-state index contributed by atoms with van der Waals surface area (Å²) < 4.78 is 50.4. The lowest BCUT2D eigenvalue weighted by Gasteiger charge is -2.49. The second kappa shape index (κ2) is 6.33. The number of ether oxygens (including phenoxy) is 2. The Morgan fingerprint density at radius 1 is 1.57 bits per heavy atom. The van der Waals surface area contributed by atoms with E-state index in [1.165, 1.54) is 28.9 Å². The number of aromatic nitrogens is 1. The molecule has 0 unspecified atom stereocenters. The van der Waals surface area contributed by atoms with Gasteiger partial charge in [-0.3, -0.25) is 0 Å². The number of fused-ring (bicyclic) bond motifs is 1. The van der Waals surface area contributed by atoms with Crippen molar-refractivity contribution in [2.24, 2.45) is 5.41 Å². The highest BCUT2D eigenvalue weighted by atomic mass is 32.2. The molecular weight excluding hydrogens is 323 g/mol. The Morgan fingerprint density at radius 2 is 2.39 bits per heavy atom. The van der Waals surface area contributed by atoms with Crippen molar-refractivity contribution in [2.45, 2.75) is 25.4 Å². The lowest BCUT2D eigenvalue weighted by Crippen LogP contribution is -2.58. The molecule has 0 spiro atoms. The lowest BCUT2D eigenvalue weighted by molar-refractivity contribution is -0.128. The van der Waals surface area contributed by atoms with E-state index in [0.717, 1.165) is 12.8 Å². The van der Waals surface area contributed by atoms with Crippen molar-refractivity contribution in [1.82, 2.24) is 9.29 Å². The van der Waals surface area contributed by atoms with Crippen LogP contribution in [0.25, 0.3) is 0 Å². The zero-order chi connectivity index (χ0) is 16.5. The van der Waals surface area contributed by atoms with Crippen molar-refractivity contribution in [2.75, 3.05) is 32.6 Å². The van der Waals surface area contributed by atoms with Crippen LogP contribution in [0.1, 0.15) is 19.3 Å². The molecule has 1 aromatic rings. The van der Waals surface area contributed by atoms with Crippen LogP contribution in [-0.4, -0.2) is 56.4 Å². The van der Waals surface area contributed by atoms with Gasteiger partial charge in [0.2, 0.25) is 15.9 Å². The number of pyridine rings is 1. The van der Waals surface area contributed by atoms with E-state index in [1.807, 2.05) is 0 Å². The summed E-state index contributed by atoms with van der Waals surface area (Å²) >= 11 is 0. The first-order valence-electron chi connectivity index (χ1n) is 7.71. The first-order chi connectivity index (χ1) is 10.9. The summed E-state index contributed by atoms with van der Waals surface area (Å²) in [6.07, 6.45) is 4.86. The van der Waals surface area contributed by atoms with E-state index < -0.39 is 21.3 Å². The molecule has 8 heteroatoms. The highest BCUT2D eigenvalue weighted by Gasteiger charge is 2.48. The van der Waals surface area contributed by atoms with Crippen LogP contribution in [0.2, 0.25) is 0 Å². The van der Waals surface area contributed by atoms with E-state index in [9.17, 15) is 12.8 Å². The van der Waals surface area contributed by atoms with Gasteiger partial charge in [-0.2, -0.15) is 0 Å². The van der Waals surface area contributed by atoms with Crippen molar-refractivity contribution in [3.63, 3.8) is 0 Å². The zero-order valence-corrected chi connectivity index (χ0v) is 13.9. The van der Waals surface area contributed by atoms with Gasteiger partial charge in [-0.1, -0.05) is 0 Å². The maximum atomic E-state index is 13.7. The van der Waals surface area contributed by atoms with Crippen LogP contribution in [-0.2, 0) is 14.8 Å². The maximum Gasteiger partial charge on any atom is 0.250 e. The Kier molecular flexibility index (Phi) is 4.57. The van der Waals surface area contributed by atoms with Gasteiger partial charge in [0, 0.05) is 31.3 Å². The Hall–Kier alpha value is -1.25. The van der Waals surface area contributed by atoms with Gasteiger partial charge in [-0.25, -0.2) is 22.1 Å². The predicted molar refractivity (Wildman–Crippen MR) is 82.1 cm³/mol. The van der Waals surface area contributed by atoms with Gasteiger partial charge < -0.3 is 9.47 Å². The third-order valence-corrected chi connectivity index (χ3v) is 5.89. The van der Waals surface area contributed by atoms with Gasteiger partial charge in [-0.15, -0.1) is 0 Å². The molecule has 0 aromatic carbocycles. The fraction of sp³-hybridized carbons (Fsp3) is 0.667. The lowest BCUT2D eigenvalue weighted by atomic mass is 9.73.